The summed E-state index contributed by atoms with van der Waals surface area (Å²) in [6.07, 6.45) is 2.78. The quantitative estimate of drug-likeness (QED) is 0.442. The molecule has 0 fully saturated rings. The number of imidazole rings is 1. The van der Waals surface area contributed by atoms with E-state index in [-0.39, 0.29) is 5.82 Å². The molecule has 0 spiro atoms. The van der Waals surface area contributed by atoms with Gasteiger partial charge in [0.2, 0.25) is 0 Å². The lowest BCUT2D eigenvalue weighted by atomic mass is 10.1. The monoisotopic (exact) mass is 413 g/mol. The van der Waals surface area contributed by atoms with Crippen molar-refractivity contribution in [2.75, 3.05) is 0 Å². The molecular formula is C22H16FN7O. The van der Waals surface area contributed by atoms with Crippen molar-refractivity contribution in [2.24, 2.45) is 0 Å². The molecule has 9 heteroatoms. The maximum absolute atomic E-state index is 14.2. The van der Waals surface area contributed by atoms with Crippen LogP contribution in [0.25, 0.3) is 23.0 Å². The van der Waals surface area contributed by atoms with Crippen molar-refractivity contribution in [3.8, 4) is 23.0 Å². The summed E-state index contributed by atoms with van der Waals surface area (Å²) in [5.41, 5.74) is 5.61. The molecule has 6 rings (SSSR count). The Hall–Kier alpha value is -4.14. The van der Waals surface area contributed by atoms with E-state index in [1.165, 1.54) is 12.1 Å². The second-order valence-electron chi connectivity index (χ2n) is 7.42. The maximum Gasteiger partial charge on any atom is 0.278 e. The van der Waals surface area contributed by atoms with Crippen LogP contribution >= 0.6 is 0 Å². The number of halogens is 1. The molecule has 5 aromatic rings. The third kappa shape index (κ3) is 2.85. The van der Waals surface area contributed by atoms with Gasteiger partial charge in [0, 0.05) is 18.9 Å². The molecule has 1 aliphatic heterocycles. The Bertz CT molecular complexity index is 1420. The molecule has 0 unspecified atom stereocenters. The lowest BCUT2D eigenvalue weighted by molar-refractivity contribution is 0.424. The van der Waals surface area contributed by atoms with Crippen LogP contribution in [0.4, 0.5) is 4.39 Å². The van der Waals surface area contributed by atoms with Crippen molar-refractivity contribution < 1.29 is 8.91 Å². The Kier molecular flexibility index (Phi) is 3.82. The van der Waals surface area contributed by atoms with Crippen LogP contribution in [-0.2, 0) is 12.8 Å². The van der Waals surface area contributed by atoms with Gasteiger partial charge in [0.15, 0.2) is 11.5 Å². The average molecular weight is 413 g/mol. The average Bonchev–Trinajstić information content (AvgIpc) is 3.47. The molecule has 8 nitrogen and oxygen atoms in total. The highest BCUT2D eigenvalue weighted by atomic mass is 19.1. The third-order valence-electron chi connectivity index (χ3n) is 5.41. The summed E-state index contributed by atoms with van der Waals surface area (Å²) in [7, 11) is 0. The lowest BCUT2D eigenvalue weighted by Crippen LogP contribution is -2.04. The van der Waals surface area contributed by atoms with Gasteiger partial charge in [-0.05, 0) is 24.6 Å². The van der Waals surface area contributed by atoms with Crippen LogP contribution in [0.2, 0.25) is 0 Å². The number of hydrogen-bond donors (Lipinski definition) is 0. The standard InChI is InChI=1S/C22H16FN7O/c1-13-25-22(31-27-13)21-20-11-18-16(9-14-5-3-2-4-6-14)26-28-30(18)19-10-15(23)7-8-17(19)29(20)12-24-21/h2-8,10,12H,9,11H2,1H3. The van der Waals surface area contributed by atoms with Gasteiger partial charge < -0.3 is 4.52 Å². The molecule has 1 aliphatic rings. The number of benzene rings is 2. The Morgan fingerprint density at radius 1 is 1.06 bits per heavy atom. The highest BCUT2D eigenvalue weighted by Crippen LogP contribution is 2.33. The SMILES string of the molecule is Cc1noc(-c2ncn3c2Cc2c(Cc4ccccc4)nnn2-c2cc(F)ccc2-3)n1. The van der Waals surface area contributed by atoms with E-state index >= 15 is 0 Å². The van der Waals surface area contributed by atoms with Gasteiger partial charge in [-0.1, -0.05) is 40.7 Å². The summed E-state index contributed by atoms with van der Waals surface area (Å²) >= 11 is 0. The van der Waals surface area contributed by atoms with E-state index in [1.54, 1.807) is 24.0 Å². The highest BCUT2D eigenvalue weighted by molar-refractivity contribution is 5.61. The molecule has 0 bridgehead atoms. The number of aryl methyl sites for hydroxylation is 1. The van der Waals surface area contributed by atoms with Crippen LogP contribution in [0.1, 0.15) is 28.5 Å². The van der Waals surface area contributed by atoms with Crippen molar-refractivity contribution in [1.82, 2.24) is 34.7 Å². The first-order chi connectivity index (χ1) is 15.2. The molecule has 0 saturated carbocycles. The number of nitrogens with zero attached hydrogens (tertiary/aromatic N) is 7. The van der Waals surface area contributed by atoms with E-state index in [4.69, 9.17) is 4.52 Å². The van der Waals surface area contributed by atoms with Gasteiger partial charge in [0.1, 0.15) is 12.1 Å². The van der Waals surface area contributed by atoms with Crippen LogP contribution in [0, 0.1) is 12.7 Å². The molecule has 4 heterocycles. The minimum Gasteiger partial charge on any atom is -0.332 e. The fraction of sp³-hybridized carbons (Fsp3) is 0.136. The zero-order valence-corrected chi connectivity index (χ0v) is 16.5. The number of hydrogen-bond acceptors (Lipinski definition) is 6. The van der Waals surface area contributed by atoms with Gasteiger partial charge in [0.05, 0.1) is 28.5 Å². The van der Waals surface area contributed by atoms with Crippen molar-refractivity contribution >= 4 is 0 Å². The summed E-state index contributed by atoms with van der Waals surface area (Å²) in [5.74, 6) is 0.533. The van der Waals surface area contributed by atoms with Crippen LogP contribution in [0.3, 0.4) is 0 Å². The predicted octanol–water partition coefficient (Wildman–Crippen LogP) is 3.45. The topological polar surface area (TPSA) is 87.5 Å². The molecule has 31 heavy (non-hydrogen) atoms. The minimum absolute atomic E-state index is 0.346. The minimum atomic E-state index is -0.346. The molecule has 0 saturated heterocycles. The molecule has 0 N–H and O–H groups in total. The van der Waals surface area contributed by atoms with Crippen molar-refractivity contribution in [3.05, 3.63) is 89.1 Å². The van der Waals surface area contributed by atoms with Crippen LogP contribution in [-0.4, -0.2) is 34.7 Å². The number of rotatable bonds is 3. The summed E-state index contributed by atoms with van der Waals surface area (Å²) in [6, 6.07) is 14.7. The van der Waals surface area contributed by atoms with Crippen molar-refractivity contribution in [2.45, 2.75) is 19.8 Å². The zero-order chi connectivity index (χ0) is 20.9. The van der Waals surface area contributed by atoms with E-state index in [0.29, 0.717) is 35.9 Å². The van der Waals surface area contributed by atoms with Gasteiger partial charge in [-0.15, -0.1) is 5.10 Å². The van der Waals surface area contributed by atoms with Gasteiger partial charge >= 0.3 is 0 Å². The normalized spacial score (nSPS) is 12.2. The first kappa shape index (κ1) is 17.7. The maximum atomic E-state index is 14.2. The van der Waals surface area contributed by atoms with Crippen molar-refractivity contribution in [3.63, 3.8) is 0 Å². The summed E-state index contributed by atoms with van der Waals surface area (Å²) in [6.45, 7) is 1.76. The molecule has 0 atom stereocenters. The fourth-order valence-electron chi connectivity index (χ4n) is 3.98. The summed E-state index contributed by atoms with van der Waals surface area (Å²) in [5, 5.41) is 12.7. The number of aromatic nitrogens is 7. The smallest absolute Gasteiger partial charge is 0.278 e. The van der Waals surface area contributed by atoms with Gasteiger partial charge in [-0.25, -0.2) is 14.1 Å². The Morgan fingerprint density at radius 2 is 1.94 bits per heavy atom. The first-order valence-electron chi connectivity index (χ1n) is 9.82. The molecule has 152 valence electrons. The van der Waals surface area contributed by atoms with E-state index in [9.17, 15) is 4.39 Å². The predicted molar refractivity (Wildman–Crippen MR) is 109 cm³/mol. The van der Waals surface area contributed by atoms with Gasteiger partial charge in [-0.3, -0.25) is 4.57 Å². The third-order valence-corrected chi connectivity index (χ3v) is 5.41. The van der Waals surface area contributed by atoms with Gasteiger partial charge in [-0.2, -0.15) is 4.98 Å². The fourth-order valence-corrected chi connectivity index (χ4v) is 3.98. The number of fused-ring (bicyclic) bond motifs is 5. The zero-order valence-electron chi connectivity index (χ0n) is 16.5. The molecule has 0 aliphatic carbocycles. The van der Waals surface area contributed by atoms with E-state index in [0.717, 1.165) is 28.3 Å². The van der Waals surface area contributed by atoms with Crippen LogP contribution in [0.15, 0.2) is 59.4 Å². The highest BCUT2D eigenvalue weighted by Gasteiger charge is 2.28. The molecule has 0 radical (unpaired) electrons. The van der Waals surface area contributed by atoms with Gasteiger partial charge in [0.25, 0.3) is 5.89 Å². The molecule has 3 aromatic heterocycles. The lowest BCUT2D eigenvalue weighted by Gasteiger charge is -2.09. The van der Waals surface area contributed by atoms with Crippen LogP contribution in [0.5, 0.6) is 0 Å². The van der Waals surface area contributed by atoms with E-state index in [2.05, 4.69) is 25.4 Å². The molecular weight excluding hydrogens is 397 g/mol. The Balaban J connectivity index is 1.57. The van der Waals surface area contributed by atoms with Crippen molar-refractivity contribution in [1.29, 1.82) is 0 Å². The largest absolute Gasteiger partial charge is 0.332 e. The second-order valence-corrected chi connectivity index (χ2v) is 7.42. The first-order valence-corrected chi connectivity index (χ1v) is 9.82. The Morgan fingerprint density at radius 3 is 2.74 bits per heavy atom. The summed E-state index contributed by atoms with van der Waals surface area (Å²) in [4.78, 5) is 8.88. The van der Waals surface area contributed by atoms with Crippen LogP contribution < -0.4 is 0 Å². The summed E-state index contributed by atoms with van der Waals surface area (Å²) < 4.78 is 23.2. The van der Waals surface area contributed by atoms with E-state index in [1.807, 2.05) is 34.9 Å². The molecule has 0 amide bonds. The van der Waals surface area contributed by atoms with E-state index < -0.39 is 0 Å². The molecule has 2 aromatic carbocycles. The second kappa shape index (κ2) is 6.69. The Labute approximate surface area is 176 Å².